The number of thioether (sulfide) groups is 1. The maximum atomic E-state index is 10.4. The Bertz CT molecular complexity index is 405. The van der Waals surface area contributed by atoms with Crippen LogP contribution < -0.4 is 0 Å². The molecule has 9 nitrogen and oxygen atoms in total. The molecule has 0 radical (unpaired) electrons. The van der Waals surface area contributed by atoms with E-state index in [2.05, 4.69) is 16.0 Å². The van der Waals surface area contributed by atoms with Gasteiger partial charge in [-0.25, -0.2) is 0 Å². The minimum Gasteiger partial charge on any atom is -0.394 e. The number of oxime groups is 1. The summed E-state index contributed by atoms with van der Waals surface area (Å²) >= 11 is -1.78. The largest absolute Gasteiger partial charge is 0.394 e. The van der Waals surface area contributed by atoms with Gasteiger partial charge in [0.1, 0.15) is 34.9 Å². The molecule has 0 aromatic heterocycles. The third kappa shape index (κ3) is 5.30. The SMILES string of the molecule is C=CC/C(=N/OS(=O)O)SC1OC(CO)C(O)C(O)C1O. The highest BCUT2D eigenvalue weighted by atomic mass is 32.2. The van der Waals surface area contributed by atoms with Gasteiger partial charge in [-0.05, 0) is 0 Å². The number of allylic oxidation sites excluding steroid dienone is 1. The molecule has 1 saturated heterocycles. The lowest BCUT2D eigenvalue weighted by Gasteiger charge is -2.39. The molecule has 1 aliphatic rings. The Hall–Kier alpha value is -0.530. The van der Waals surface area contributed by atoms with E-state index in [9.17, 15) is 19.5 Å². The van der Waals surface area contributed by atoms with Crippen LogP contribution in [0.4, 0.5) is 0 Å². The van der Waals surface area contributed by atoms with Crippen molar-refractivity contribution in [1.29, 1.82) is 0 Å². The Morgan fingerprint density at radius 2 is 2.05 bits per heavy atom. The average molecular weight is 343 g/mol. The smallest absolute Gasteiger partial charge is 0.378 e. The summed E-state index contributed by atoms with van der Waals surface area (Å²) in [5, 5.41) is 41.8. The van der Waals surface area contributed by atoms with Crippen molar-refractivity contribution in [2.75, 3.05) is 6.61 Å². The molecule has 1 aliphatic heterocycles. The number of aliphatic hydroxyl groups excluding tert-OH is 4. The van der Waals surface area contributed by atoms with Gasteiger partial charge in [0.2, 0.25) is 0 Å². The molecule has 1 heterocycles. The van der Waals surface area contributed by atoms with Crippen LogP contribution in [-0.4, -0.2) is 70.7 Å². The molecular weight excluding hydrogens is 326 g/mol. The molecule has 0 aromatic carbocycles. The lowest BCUT2D eigenvalue weighted by Crippen LogP contribution is -2.57. The summed E-state index contributed by atoms with van der Waals surface area (Å²) in [6.07, 6.45) is -3.84. The molecule has 1 rings (SSSR count). The average Bonchev–Trinajstić information content (AvgIpc) is 2.45. The second-order valence-corrected chi connectivity index (χ2v) is 5.84. The quantitative estimate of drug-likeness (QED) is 0.128. The molecule has 11 heteroatoms. The van der Waals surface area contributed by atoms with E-state index in [0.717, 1.165) is 11.8 Å². The fourth-order valence-electron chi connectivity index (χ4n) is 1.60. The van der Waals surface area contributed by atoms with Crippen molar-refractivity contribution >= 4 is 28.2 Å². The van der Waals surface area contributed by atoms with E-state index >= 15 is 0 Å². The van der Waals surface area contributed by atoms with Gasteiger partial charge < -0.3 is 25.2 Å². The number of ether oxygens (including phenoxy) is 1. The number of hydrogen-bond acceptors (Lipinski definition) is 9. The molecule has 0 saturated carbocycles. The zero-order chi connectivity index (χ0) is 16.0. The molecule has 21 heavy (non-hydrogen) atoms. The molecular formula is C10H17NO8S2. The molecule has 1 fully saturated rings. The van der Waals surface area contributed by atoms with Crippen LogP contribution in [0.15, 0.2) is 17.8 Å². The van der Waals surface area contributed by atoms with E-state index in [4.69, 9.17) is 14.4 Å². The van der Waals surface area contributed by atoms with Crippen LogP contribution in [-0.2, 0) is 20.4 Å². The summed E-state index contributed by atoms with van der Waals surface area (Å²) in [5.74, 6) is 0. The van der Waals surface area contributed by atoms with Gasteiger partial charge >= 0.3 is 11.4 Å². The van der Waals surface area contributed by atoms with Gasteiger partial charge in [0.05, 0.1) is 6.61 Å². The van der Waals surface area contributed by atoms with E-state index < -0.39 is 47.8 Å². The molecule has 6 unspecified atom stereocenters. The summed E-state index contributed by atoms with van der Waals surface area (Å²) in [5.41, 5.74) is -1.05. The van der Waals surface area contributed by atoms with Crippen LogP contribution in [0.5, 0.6) is 0 Å². The van der Waals surface area contributed by atoms with E-state index in [1.807, 2.05) is 0 Å². The van der Waals surface area contributed by atoms with Crippen molar-refractivity contribution in [1.82, 2.24) is 0 Å². The van der Waals surface area contributed by atoms with E-state index in [0.29, 0.717) is 0 Å². The van der Waals surface area contributed by atoms with Gasteiger partial charge in [-0.3, -0.25) is 8.84 Å². The van der Waals surface area contributed by atoms with Crippen molar-refractivity contribution in [2.24, 2.45) is 5.16 Å². The number of hydrogen-bond donors (Lipinski definition) is 5. The van der Waals surface area contributed by atoms with Crippen LogP contribution >= 0.6 is 11.8 Å². The van der Waals surface area contributed by atoms with E-state index in [1.165, 1.54) is 6.08 Å². The molecule has 0 aliphatic carbocycles. The van der Waals surface area contributed by atoms with Crippen LogP contribution in [0, 0.1) is 0 Å². The minimum atomic E-state index is -2.59. The highest BCUT2D eigenvalue weighted by Gasteiger charge is 2.44. The standard InChI is InChI=1S/C10H17NO8S2/c1-2-3-6(11-19-21(16)17)20-10-9(15)8(14)7(13)5(4-12)18-10/h2,5,7-10,12-15H,1,3-4H2,(H,16,17)/b11-6-. The highest BCUT2D eigenvalue weighted by molar-refractivity contribution is 8.14. The first-order valence-corrected chi connectivity index (χ1v) is 7.75. The second kappa shape index (κ2) is 8.80. The van der Waals surface area contributed by atoms with Crippen molar-refractivity contribution in [3.63, 3.8) is 0 Å². The third-order valence-corrected chi connectivity index (χ3v) is 3.96. The summed E-state index contributed by atoms with van der Waals surface area (Å²) in [4.78, 5) is 0. The highest BCUT2D eigenvalue weighted by Crippen LogP contribution is 2.30. The van der Waals surface area contributed by atoms with Crippen LogP contribution in [0.3, 0.4) is 0 Å². The number of rotatable bonds is 6. The number of aliphatic hydroxyl groups is 4. The van der Waals surface area contributed by atoms with Crippen LogP contribution in [0.25, 0.3) is 0 Å². The predicted octanol–water partition coefficient (Wildman–Crippen LogP) is -1.44. The Morgan fingerprint density at radius 1 is 1.38 bits per heavy atom. The third-order valence-electron chi connectivity index (χ3n) is 2.62. The molecule has 6 atom stereocenters. The van der Waals surface area contributed by atoms with E-state index in [1.54, 1.807) is 0 Å². The first-order chi connectivity index (χ1) is 9.90. The van der Waals surface area contributed by atoms with Crippen molar-refractivity contribution in [3.05, 3.63) is 12.7 Å². The van der Waals surface area contributed by atoms with Crippen molar-refractivity contribution < 1.29 is 38.2 Å². The van der Waals surface area contributed by atoms with Crippen molar-refractivity contribution in [2.45, 2.75) is 36.3 Å². The van der Waals surface area contributed by atoms with Gasteiger partial charge in [-0.15, -0.1) is 6.58 Å². The normalized spacial score (nSPS) is 35.3. The zero-order valence-corrected chi connectivity index (χ0v) is 12.4. The molecule has 0 aromatic rings. The lowest BCUT2D eigenvalue weighted by atomic mass is 10.0. The van der Waals surface area contributed by atoms with Crippen LogP contribution in [0.1, 0.15) is 6.42 Å². The maximum Gasteiger partial charge on any atom is 0.378 e. The fraction of sp³-hybridized carbons (Fsp3) is 0.700. The molecule has 5 N–H and O–H groups in total. The van der Waals surface area contributed by atoms with Gasteiger partial charge in [0.25, 0.3) is 0 Å². The summed E-state index contributed by atoms with van der Waals surface area (Å²) < 4.78 is 28.4. The predicted molar refractivity (Wildman–Crippen MR) is 75.5 cm³/mol. The van der Waals surface area contributed by atoms with Crippen LogP contribution in [0.2, 0.25) is 0 Å². The summed E-state index contributed by atoms with van der Waals surface area (Å²) in [6, 6.07) is 0. The molecule has 0 amide bonds. The summed E-state index contributed by atoms with van der Waals surface area (Å²) in [6.45, 7) is 2.93. The number of nitrogens with zero attached hydrogens (tertiary/aromatic N) is 1. The Kier molecular flexibility index (Phi) is 7.76. The zero-order valence-electron chi connectivity index (χ0n) is 10.8. The monoisotopic (exact) mass is 343 g/mol. The summed E-state index contributed by atoms with van der Waals surface area (Å²) in [7, 11) is 0. The Labute approximate surface area is 127 Å². The first-order valence-electron chi connectivity index (χ1n) is 5.84. The molecule has 122 valence electrons. The molecule has 0 spiro atoms. The first kappa shape index (κ1) is 18.5. The minimum absolute atomic E-state index is 0.164. The Balaban J connectivity index is 2.79. The van der Waals surface area contributed by atoms with Gasteiger partial charge in [-0.1, -0.05) is 23.0 Å². The molecule has 0 bridgehead atoms. The van der Waals surface area contributed by atoms with Gasteiger partial charge in [0.15, 0.2) is 0 Å². The fourth-order valence-corrected chi connectivity index (χ4v) is 2.86. The second-order valence-electron chi connectivity index (χ2n) is 4.08. The van der Waals surface area contributed by atoms with Gasteiger partial charge in [-0.2, -0.15) is 4.21 Å². The maximum absolute atomic E-state index is 10.4. The topological polar surface area (TPSA) is 149 Å². The van der Waals surface area contributed by atoms with E-state index in [-0.39, 0.29) is 11.5 Å². The van der Waals surface area contributed by atoms with Crippen molar-refractivity contribution in [3.8, 4) is 0 Å². The Morgan fingerprint density at radius 3 is 2.57 bits per heavy atom. The van der Waals surface area contributed by atoms with Gasteiger partial charge in [0, 0.05) is 6.42 Å². The lowest BCUT2D eigenvalue weighted by molar-refractivity contribution is -0.205.